The van der Waals surface area contributed by atoms with E-state index in [0.717, 1.165) is 0 Å². The Morgan fingerprint density at radius 3 is 2.41 bits per heavy atom. The van der Waals surface area contributed by atoms with Gasteiger partial charge in [-0.3, -0.25) is 0 Å². The van der Waals surface area contributed by atoms with E-state index in [2.05, 4.69) is 0 Å². The van der Waals surface area contributed by atoms with Gasteiger partial charge in [-0.05, 0) is 62.0 Å². The van der Waals surface area contributed by atoms with Gasteiger partial charge in [0.05, 0.1) is 12.5 Å². The lowest BCUT2D eigenvalue weighted by Crippen LogP contribution is -2.34. The smallest absolute Gasteiger partial charge is 0.253 e. The number of hydrogen-bond acceptors (Lipinski definition) is 1. The summed E-state index contributed by atoms with van der Waals surface area (Å²) in [5.41, 5.74) is 0.188. The first-order valence-corrected chi connectivity index (χ1v) is 9.91. The molecular formula is C21H27F5O. The summed E-state index contributed by atoms with van der Waals surface area (Å²) in [6, 6.07) is 2.86. The number of halogens is 5. The second kappa shape index (κ2) is 7.96. The minimum Gasteiger partial charge on any atom is -0.491 e. The van der Waals surface area contributed by atoms with Gasteiger partial charge < -0.3 is 4.74 Å². The number of fused-ring (bicyclic) bond motifs is 1. The predicted molar refractivity (Wildman–Crippen MR) is 94.0 cm³/mol. The quantitative estimate of drug-likeness (QED) is 0.511. The molecule has 0 saturated heterocycles. The Morgan fingerprint density at radius 1 is 1.04 bits per heavy atom. The lowest BCUT2D eigenvalue weighted by molar-refractivity contribution is -0.0950. The van der Waals surface area contributed by atoms with E-state index in [9.17, 15) is 22.0 Å². The first-order valence-electron chi connectivity index (χ1n) is 9.91. The van der Waals surface area contributed by atoms with E-state index in [0.29, 0.717) is 19.3 Å². The van der Waals surface area contributed by atoms with Crippen molar-refractivity contribution in [1.29, 1.82) is 0 Å². The van der Waals surface area contributed by atoms with Gasteiger partial charge in [0, 0.05) is 6.42 Å². The molecule has 0 amide bonds. The van der Waals surface area contributed by atoms with Crippen molar-refractivity contribution < 1.29 is 26.7 Å². The van der Waals surface area contributed by atoms with Crippen molar-refractivity contribution in [2.24, 2.45) is 17.8 Å². The highest BCUT2D eigenvalue weighted by Crippen LogP contribution is 2.54. The van der Waals surface area contributed by atoms with Gasteiger partial charge in [-0.1, -0.05) is 19.4 Å². The Balaban J connectivity index is 1.80. The van der Waals surface area contributed by atoms with Crippen molar-refractivity contribution in [3.8, 4) is 5.75 Å². The van der Waals surface area contributed by atoms with E-state index in [4.69, 9.17) is 4.74 Å². The lowest BCUT2D eigenvalue weighted by Gasteiger charge is -2.28. The van der Waals surface area contributed by atoms with Crippen LogP contribution in [0, 0.1) is 29.4 Å². The Kier molecular flexibility index (Phi) is 6.02. The number of benzene rings is 1. The van der Waals surface area contributed by atoms with Crippen LogP contribution < -0.4 is 4.74 Å². The Hall–Kier alpha value is -1.33. The normalized spacial score (nSPS) is 32.8. The van der Waals surface area contributed by atoms with Crippen LogP contribution in [0.15, 0.2) is 12.1 Å². The van der Waals surface area contributed by atoms with E-state index in [1.165, 1.54) is 12.1 Å². The summed E-state index contributed by atoms with van der Waals surface area (Å²) < 4.78 is 77.6. The van der Waals surface area contributed by atoms with E-state index >= 15 is 0 Å². The van der Waals surface area contributed by atoms with Crippen LogP contribution in [-0.2, 0) is 0 Å². The fourth-order valence-corrected chi connectivity index (χ4v) is 5.06. The molecule has 2 fully saturated rings. The van der Waals surface area contributed by atoms with Gasteiger partial charge in [0.1, 0.15) is 6.17 Å². The summed E-state index contributed by atoms with van der Waals surface area (Å²) in [5, 5.41) is 0. The summed E-state index contributed by atoms with van der Waals surface area (Å²) in [4.78, 5) is 0. The highest BCUT2D eigenvalue weighted by Gasteiger charge is 2.52. The maximum Gasteiger partial charge on any atom is 0.253 e. The van der Waals surface area contributed by atoms with Crippen molar-refractivity contribution in [2.45, 2.75) is 70.4 Å². The molecule has 3 rings (SSSR count). The fourth-order valence-electron chi connectivity index (χ4n) is 5.06. The molecular weight excluding hydrogens is 363 g/mol. The first kappa shape index (κ1) is 20.4. The molecule has 152 valence electrons. The molecule has 0 aromatic heterocycles. The molecule has 0 spiro atoms. The monoisotopic (exact) mass is 390 g/mol. The molecule has 5 unspecified atom stereocenters. The molecule has 2 aliphatic rings. The Morgan fingerprint density at radius 2 is 1.74 bits per heavy atom. The van der Waals surface area contributed by atoms with Gasteiger partial charge in [-0.2, -0.15) is 4.39 Å². The molecule has 1 aromatic carbocycles. The van der Waals surface area contributed by atoms with Crippen LogP contribution >= 0.6 is 0 Å². The van der Waals surface area contributed by atoms with Gasteiger partial charge >= 0.3 is 0 Å². The van der Waals surface area contributed by atoms with Crippen molar-refractivity contribution in [3.05, 3.63) is 29.3 Å². The Labute approximate surface area is 157 Å². The van der Waals surface area contributed by atoms with Gasteiger partial charge in [0.2, 0.25) is 5.82 Å². The molecule has 0 bridgehead atoms. The highest BCUT2D eigenvalue weighted by atomic mass is 19.3. The number of alkyl halides is 3. The number of rotatable bonds is 5. The molecule has 1 nitrogen and oxygen atoms in total. The molecule has 6 heteroatoms. The average molecular weight is 390 g/mol. The maximum absolute atomic E-state index is 14.6. The maximum atomic E-state index is 14.6. The van der Waals surface area contributed by atoms with Crippen LogP contribution in [0.2, 0.25) is 0 Å². The SMILES string of the molecule is CCCC1C(F)CC2CC(c3ccc(OCC)c(F)c3F)CC2CC1(F)F. The topological polar surface area (TPSA) is 9.23 Å². The molecule has 27 heavy (non-hydrogen) atoms. The minimum absolute atomic E-state index is 0.0859. The Bertz CT molecular complexity index is 662. The fraction of sp³-hybridized carbons (Fsp3) is 0.714. The molecule has 1 aromatic rings. The average Bonchev–Trinajstić information content (AvgIpc) is 2.94. The minimum atomic E-state index is -3.05. The molecule has 2 saturated carbocycles. The summed E-state index contributed by atoms with van der Waals surface area (Å²) in [6.45, 7) is 3.68. The van der Waals surface area contributed by atoms with Gasteiger partial charge in [-0.25, -0.2) is 17.6 Å². The van der Waals surface area contributed by atoms with Crippen LogP contribution in [0.25, 0.3) is 0 Å². The predicted octanol–water partition coefficient (Wildman–Crippen LogP) is 6.66. The zero-order valence-corrected chi connectivity index (χ0v) is 15.8. The third kappa shape index (κ3) is 3.95. The third-order valence-electron chi connectivity index (χ3n) is 6.30. The molecule has 0 radical (unpaired) electrons. The first-order chi connectivity index (χ1) is 12.8. The van der Waals surface area contributed by atoms with Gasteiger partial charge in [0.15, 0.2) is 11.6 Å². The zero-order valence-electron chi connectivity index (χ0n) is 15.8. The van der Waals surface area contributed by atoms with Crippen LogP contribution in [0.3, 0.4) is 0 Å². The number of hydrogen-bond donors (Lipinski definition) is 0. The second-order valence-electron chi connectivity index (χ2n) is 8.01. The van der Waals surface area contributed by atoms with E-state index < -0.39 is 29.6 Å². The van der Waals surface area contributed by atoms with Crippen LogP contribution in [0.5, 0.6) is 5.75 Å². The lowest BCUT2D eigenvalue weighted by atomic mass is 9.87. The van der Waals surface area contributed by atoms with Gasteiger partial charge in [0.25, 0.3) is 5.92 Å². The standard InChI is InChI=1S/C21H27F5O/c1-3-5-16-17(22)10-12-8-13(9-14(12)11-21(16,25)26)15-6-7-18(27-4-2)20(24)19(15)23/h6-7,12-14,16-17H,3-5,8-11H2,1-2H3. The molecule has 0 heterocycles. The van der Waals surface area contributed by atoms with Crippen molar-refractivity contribution in [1.82, 2.24) is 0 Å². The molecule has 2 aliphatic carbocycles. The van der Waals surface area contributed by atoms with Crippen molar-refractivity contribution >= 4 is 0 Å². The van der Waals surface area contributed by atoms with E-state index in [1.54, 1.807) is 13.8 Å². The summed E-state index contributed by atoms with van der Waals surface area (Å²) in [7, 11) is 0. The number of ether oxygens (including phenoxy) is 1. The van der Waals surface area contributed by atoms with Gasteiger partial charge in [-0.15, -0.1) is 0 Å². The van der Waals surface area contributed by atoms with Crippen LogP contribution in [0.1, 0.15) is 63.9 Å². The second-order valence-corrected chi connectivity index (χ2v) is 8.01. The van der Waals surface area contributed by atoms with Crippen LogP contribution in [0.4, 0.5) is 22.0 Å². The van der Waals surface area contributed by atoms with E-state index in [1.807, 2.05) is 0 Å². The summed E-state index contributed by atoms with van der Waals surface area (Å²) in [5.74, 6) is -7.39. The largest absolute Gasteiger partial charge is 0.491 e. The van der Waals surface area contributed by atoms with E-state index in [-0.39, 0.29) is 54.9 Å². The summed E-state index contributed by atoms with van der Waals surface area (Å²) >= 11 is 0. The molecule has 0 N–H and O–H groups in total. The van der Waals surface area contributed by atoms with Crippen molar-refractivity contribution in [2.75, 3.05) is 6.61 Å². The molecule has 0 aliphatic heterocycles. The van der Waals surface area contributed by atoms with Crippen LogP contribution in [-0.4, -0.2) is 18.7 Å². The van der Waals surface area contributed by atoms with Crippen molar-refractivity contribution in [3.63, 3.8) is 0 Å². The zero-order chi connectivity index (χ0) is 19.8. The third-order valence-corrected chi connectivity index (χ3v) is 6.30. The highest BCUT2D eigenvalue weighted by molar-refractivity contribution is 5.34. The summed E-state index contributed by atoms with van der Waals surface area (Å²) in [6.07, 6.45) is -0.357. The molecule has 5 atom stereocenters.